The van der Waals surface area contributed by atoms with Gasteiger partial charge in [0.1, 0.15) is 24.4 Å². The summed E-state index contributed by atoms with van der Waals surface area (Å²) >= 11 is 0. The van der Waals surface area contributed by atoms with Gasteiger partial charge in [-0.05, 0) is 12.3 Å². The molecule has 2 aliphatic heterocycles. The van der Waals surface area contributed by atoms with Crippen LogP contribution in [0.5, 0.6) is 0 Å². The highest BCUT2D eigenvalue weighted by Crippen LogP contribution is 2.37. The maximum Gasteiger partial charge on any atom is 0.490 e. The molecule has 2 saturated heterocycles. The molecule has 1 aromatic rings. The zero-order chi connectivity index (χ0) is 26.6. The first kappa shape index (κ1) is 28.4. The number of fused-ring (bicyclic) bond motifs is 1. The molecule has 3 heterocycles. The molecule has 0 saturated carbocycles. The van der Waals surface area contributed by atoms with Gasteiger partial charge in [-0.2, -0.15) is 39.5 Å². The Kier molecular flexibility index (Phi) is 8.78. The molecule has 2 aliphatic rings. The van der Waals surface area contributed by atoms with E-state index in [0.717, 1.165) is 12.4 Å². The zero-order valence-electron chi connectivity index (χ0n) is 17.5. The number of carboxylic acids is 1. The molecule has 8 nitrogen and oxygen atoms in total. The van der Waals surface area contributed by atoms with Crippen molar-refractivity contribution in [2.75, 3.05) is 31.1 Å². The lowest BCUT2D eigenvalue weighted by atomic mass is 9.83. The van der Waals surface area contributed by atoms with Crippen molar-refractivity contribution in [2.24, 2.45) is 11.8 Å². The standard InChI is InChI=1S/C16H18F6N4O2.C2HF3O2/c17-15(18,19)7-23-14(27)3-11-10-1-2-26(5-9(10)6-28-11)13-4-12(16(20,21)22)24-8-25-13;3-2(4,5)1(6)7/h4,8-11H,1-3,5-7H2,(H,23,27);(H,6,7)/t9-,10-,11+;/m1./s1. The Balaban J connectivity index is 0.000000540. The van der Waals surface area contributed by atoms with Crippen LogP contribution in [0.3, 0.4) is 0 Å². The molecule has 35 heavy (non-hydrogen) atoms. The van der Waals surface area contributed by atoms with Crippen molar-refractivity contribution >= 4 is 17.7 Å². The fraction of sp³-hybridized carbons (Fsp3) is 0.667. The summed E-state index contributed by atoms with van der Waals surface area (Å²) in [5, 5.41) is 8.95. The van der Waals surface area contributed by atoms with Crippen LogP contribution in [-0.4, -0.2) is 71.6 Å². The molecular weight excluding hydrogens is 507 g/mol. The van der Waals surface area contributed by atoms with Crippen LogP contribution in [0.15, 0.2) is 12.4 Å². The predicted molar refractivity (Wildman–Crippen MR) is 98.0 cm³/mol. The van der Waals surface area contributed by atoms with Crippen LogP contribution in [-0.2, 0) is 20.5 Å². The topological polar surface area (TPSA) is 105 Å². The number of carboxylic acid groups (broad SMARTS) is 1. The first-order valence-electron chi connectivity index (χ1n) is 9.86. The van der Waals surface area contributed by atoms with Gasteiger partial charge in [0.25, 0.3) is 0 Å². The summed E-state index contributed by atoms with van der Waals surface area (Å²) < 4.78 is 112. The Morgan fingerprint density at radius 1 is 1.11 bits per heavy atom. The Hall–Kier alpha value is -2.85. The van der Waals surface area contributed by atoms with Gasteiger partial charge in [-0.15, -0.1) is 0 Å². The molecule has 0 radical (unpaired) electrons. The molecule has 1 aromatic heterocycles. The van der Waals surface area contributed by atoms with Gasteiger partial charge < -0.3 is 20.1 Å². The number of rotatable bonds is 4. The first-order valence-corrected chi connectivity index (χ1v) is 9.86. The summed E-state index contributed by atoms with van der Waals surface area (Å²) in [6.45, 7) is -0.315. The molecule has 0 spiro atoms. The lowest BCUT2D eigenvalue weighted by Gasteiger charge is -2.36. The van der Waals surface area contributed by atoms with Gasteiger partial charge in [0.05, 0.1) is 19.1 Å². The van der Waals surface area contributed by atoms with E-state index in [-0.39, 0.29) is 30.7 Å². The van der Waals surface area contributed by atoms with Crippen LogP contribution in [0.1, 0.15) is 18.5 Å². The van der Waals surface area contributed by atoms with Crippen molar-refractivity contribution in [3.8, 4) is 0 Å². The van der Waals surface area contributed by atoms with Crippen molar-refractivity contribution in [1.29, 1.82) is 0 Å². The van der Waals surface area contributed by atoms with Crippen LogP contribution < -0.4 is 10.2 Å². The van der Waals surface area contributed by atoms with Crippen LogP contribution in [0, 0.1) is 11.8 Å². The second-order valence-corrected chi connectivity index (χ2v) is 7.69. The summed E-state index contributed by atoms with van der Waals surface area (Å²) in [4.78, 5) is 29.5. The highest BCUT2D eigenvalue weighted by molar-refractivity contribution is 5.76. The number of ether oxygens (including phenoxy) is 1. The number of carbonyl (C=O) groups excluding carboxylic acids is 1. The molecule has 0 unspecified atom stereocenters. The molecule has 0 aliphatic carbocycles. The first-order chi connectivity index (χ1) is 16.0. The van der Waals surface area contributed by atoms with Gasteiger partial charge in [0, 0.05) is 25.1 Å². The zero-order valence-corrected chi connectivity index (χ0v) is 17.5. The van der Waals surface area contributed by atoms with Gasteiger partial charge in [0.2, 0.25) is 5.91 Å². The smallest absolute Gasteiger partial charge is 0.475 e. The Labute approximate surface area is 191 Å². The van der Waals surface area contributed by atoms with Crippen molar-refractivity contribution in [3.05, 3.63) is 18.1 Å². The number of anilines is 1. The number of halogens is 9. The van der Waals surface area contributed by atoms with Gasteiger partial charge >= 0.3 is 24.5 Å². The van der Waals surface area contributed by atoms with Gasteiger partial charge in [0.15, 0.2) is 0 Å². The number of amides is 1. The monoisotopic (exact) mass is 526 g/mol. The summed E-state index contributed by atoms with van der Waals surface area (Å²) in [6, 6.07) is 0.887. The van der Waals surface area contributed by atoms with Crippen molar-refractivity contribution in [1.82, 2.24) is 15.3 Å². The number of nitrogens with zero attached hydrogens (tertiary/aromatic N) is 3. The van der Waals surface area contributed by atoms with E-state index in [2.05, 4.69) is 9.97 Å². The lowest BCUT2D eigenvalue weighted by Crippen LogP contribution is -2.43. The molecule has 0 bridgehead atoms. The number of aliphatic carboxylic acids is 1. The second-order valence-electron chi connectivity index (χ2n) is 7.69. The van der Waals surface area contributed by atoms with Crippen molar-refractivity contribution < 1.29 is 58.9 Å². The number of piperidine rings is 1. The SMILES string of the molecule is O=C(C[C@@H]1OC[C@H]2CN(c3cc(C(F)(F)F)ncn3)CC[C@H]21)NCC(F)(F)F.O=C(O)C(F)(F)F. The number of nitrogens with one attached hydrogen (secondary N) is 1. The third-order valence-corrected chi connectivity index (χ3v) is 5.18. The largest absolute Gasteiger partial charge is 0.490 e. The normalized spacial score (nSPS) is 22.7. The summed E-state index contributed by atoms with van der Waals surface area (Å²) in [6.07, 6.45) is -13.4. The van der Waals surface area contributed by atoms with E-state index >= 15 is 0 Å². The second kappa shape index (κ2) is 10.8. The average molecular weight is 526 g/mol. The highest BCUT2D eigenvalue weighted by Gasteiger charge is 2.42. The van der Waals surface area contributed by atoms with Crippen LogP contribution in [0.4, 0.5) is 45.3 Å². The molecule has 0 aromatic carbocycles. The number of hydrogen-bond acceptors (Lipinski definition) is 6. The minimum atomic E-state index is -5.08. The minimum absolute atomic E-state index is 0.0431. The fourth-order valence-corrected chi connectivity index (χ4v) is 3.63. The Bertz CT molecular complexity index is 892. The quantitative estimate of drug-likeness (QED) is 0.582. The van der Waals surface area contributed by atoms with Gasteiger partial charge in [-0.3, -0.25) is 4.79 Å². The Morgan fingerprint density at radius 2 is 1.74 bits per heavy atom. The fourth-order valence-electron chi connectivity index (χ4n) is 3.63. The molecule has 2 fully saturated rings. The average Bonchev–Trinajstić information content (AvgIpc) is 3.13. The number of aromatic nitrogens is 2. The number of hydrogen-bond donors (Lipinski definition) is 2. The van der Waals surface area contributed by atoms with Crippen LogP contribution in [0.25, 0.3) is 0 Å². The third-order valence-electron chi connectivity index (χ3n) is 5.18. The van der Waals surface area contributed by atoms with E-state index in [9.17, 15) is 44.3 Å². The van der Waals surface area contributed by atoms with Gasteiger partial charge in [-0.1, -0.05) is 0 Å². The number of carbonyl (C=O) groups is 2. The summed E-state index contributed by atoms with van der Waals surface area (Å²) in [5.74, 6) is -3.43. The molecule has 2 N–H and O–H groups in total. The van der Waals surface area contributed by atoms with Crippen molar-refractivity contribution in [3.63, 3.8) is 0 Å². The van der Waals surface area contributed by atoms with Gasteiger partial charge in [-0.25, -0.2) is 14.8 Å². The van der Waals surface area contributed by atoms with E-state index in [1.54, 1.807) is 4.90 Å². The van der Waals surface area contributed by atoms with E-state index < -0.39 is 48.7 Å². The molecule has 1 amide bonds. The predicted octanol–water partition coefficient (Wildman–Crippen LogP) is 3.04. The molecule has 3 atom stereocenters. The molecule has 3 rings (SSSR count). The van der Waals surface area contributed by atoms with Crippen LogP contribution in [0.2, 0.25) is 0 Å². The molecule has 198 valence electrons. The van der Waals surface area contributed by atoms with E-state index in [1.807, 2.05) is 5.32 Å². The number of alkyl halides is 9. The van der Waals surface area contributed by atoms with E-state index in [4.69, 9.17) is 14.6 Å². The van der Waals surface area contributed by atoms with E-state index in [1.165, 1.54) is 0 Å². The van der Waals surface area contributed by atoms with Crippen LogP contribution >= 0.6 is 0 Å². The summed E-state index contributed by atoms with van der Waals surface area (Å²) in [5.41, 5.74) is -1.03. The maximum atomic E-state index is 12.8. The van der Waals surface area contributed by atoms with E-state index in [0.29, 0.717) is 19.5 Å². The lowest BCUT2D eigenvalue weighted by molar-refractivity contribution is -0.192. The molecule has 17 heteroatoms. The maximum absolute atomic E-state index is 12.8. The van der Waals surface area contributed by atoms with Crippen molar-refractivity contribution in [2.45, 2.75) is 37.5 Å². The third kappa shape index (κ3) is 8.70. The molecular formula is C18H19F9N4O4. The minimum Gasteiger partial charge on any atom is -0.475 e. The summed E-state index contributed by atoms with van der Waals surface area (Å²) in [7, 11) is 0. The Morgan fingerprint density at radius 3 is 2.29 bits per heavy atom. The highest BCUT2D eigenvalue weighted by atomic mass is 19.4.